The van der Waals surface area contributed by atoms with Crippen LogP contribution >= 0.6 is 0 Å². The second-order valence-corrected chi connectivity index (χ2v) is 6.93. The predicted molar refractivity (Wildman–Crippen MR) is 69.0 cm³/mol. The van der Waals surface area contributed by atoms with Crippen LogP contribution in [0.15, 0.2) is 0 Å². The van der Waals surface area contributed by atoms with Crippen LogP contribution in [0.4, 0.5) is 0 Å². The first-order valence-electron chi connectivity index (χ1n) is 6.96. The van der Waals surface area contributed by atoms with Gasteiger partial charge in [0.2, 0.25) is 0 Å². The lowest BCUT2D eigenvalue weighted by Gasteiger charge is -2.56. The molecule has 1 saturated carbocycles. The Bertz CT molecular complexity index is 372. The third-order valence-electron chi connectivity index (χ3n) is 5.00. The summed E-state index contributed by atoms with van der Waals surface area (Å²) in [5.41, 5.74) is -0.00775. The van der Waals surface area contributed by atoms with Crippen molar-refractivity contribution >= 4 is 11.8 Å². The van der Waals surface area contributed by atoms with Gasteiger partial charge in [-0.15, -0.1) is 0 Å². The zero-order chi connectivity index (χ0) is 13.6. The number of esters is 1. The Morgan fingerprint density at radius 2 is 2.06 bits per heavy atom. The van der Waals surface area contributed by atoms with Crippen molar-refractivity contribution in [2.75, 3.05) is 0 Å². The number of ether oxygens (including phenoxy) is 1. The smallest absolute Gasteiger partial charge is 0.306 e. The molecule has 2 aliphatic rings. The largest absolute Gasteiger partial charge is 0.459 e. The summed E-state index contributed by atoms with van der Waals surface area (Å²) in [5, 5.41) is 0. The van der Waals surface area contributed by atoms with Gasteiger partial charge in [0.1, 0.15) is 11.4 Å². The van der Waals surface area contributed by atoms with E-state index < -0.39 is 0 Å². The molecule has 102 valence electrons. The number of hydrogen-bond donors (Lipinski definition) is 0. The van der Waals surface area contributed by atoms with Gasteiger partial charge in [0.05, 0.1) is 0 Å². The highest BCUT2D eigenvalue weighted by Crippen LogP contribution is 2.59. The Hall–Kier alpha value is -0.860. The molecule has 2 rings (SSSR count). The highest BCUT2D eigenvalue weighted by molar-refractivity contribution is 5.75. The van der Waals surface area contributed by atoms with E-state index in [0.717, 1.165) is 19.3 Å². The van der Waals surface area contributed by atoms with Gasteiger partial charge >= 0.3 is 5.97 Å². The quantitative estimate of drug-likeness (QED) is 0.722. The van der Waals surface area contributed by atoms with Gasteiger partial charge < -0.3 is 9.53 Å². The molecule has 3 atom stereocenters. The van der Waals surface area contributed by atoms with E-state index in [1.165, 1.54) is 0 Å². The van der Waals surface area contributed by atoms with Crippen LogP contribution in [0.3, 0.4) is 0 Å². The Kier molecular flexibility index (Phi) is 3.28. The first-order valence-corrected chi connectivity index (χ1v) is 6.96. The van der Waals surface area contributed by atoms with Crippen LogP contribution in [0, 0.1) is 17.3 Å². The highest BCUT2D eigenvalue weighted by atomic mass is 16.6. The average molecular weight is 252 g/mol. The Balaban J connectivity index is 2.05. The van der Waals surface area contributed by atoms with Gasteiger partial charge in [-0.05, 0) is 44.4 Å². The Labute approximate surface area is 109 Å². The zero-order valence-corrected chi connectivity index (χ0v) is 11.9. The standard InChI is InChI=1S/C15H24O3/c1-10(16)5-6-11-12(9-14(11,2)3)15(4)8-7-13(17)18-15/h11-12H,5-9H2,1-4H3. The molecule has 3 heteroatoms. The first-order chi connectivity index (χ1) is 8.24. The van der Waals surface area contributed by atoms with Crippen molar-refractivity contribution in [3.8, 4) is 0 Å². The fraction of sp³-hybridized carbons (Fsp3) is 0.867. The summed E-state index contributed by atoms with van der Waals surface area (Å²) in [5.74, 6) is 1.12. The Morgan fingerprint density at radius 1 is 1.39 bits per heavy atom. The molecule has 1 aliphatic heterocycles. The second-order valence-electron chi connectivity index (χ2n) is 6.93. The SMILES string of the molecule is CC(=O)CCC1C(C2(C)CCC(=O)O2)CC1(C)C. The molecule has 0 aromatic heterocycles. The van der Waals surface area contributed by atoms with Crippen LogP contribution in [0.1, 0.15) is 59.8 Å². The maximum absolute atomic E-state index is 11.4. The van der Waals surface area contributed by atoms with Crippen LogP contribution in [0.2, 0.25) is 0 Å². The fourth-order valence-corrected chi connectivity index (χ4v) is 3.81. The molecular weight excluding hydrogens is 228 g/mol. The number of rotatable bonds is 4. The molecule has 0 aromatic rings. The normalized spacial score (nSPS) is 38.1. The summed E-state index contributed by atoms with van der Waals surface area (Å²) < 4.78 is 5.56. The molecule has 0 spiro atoms. The summed E-state index contributed by atoms with van der Waals surface area (Å²) in [6, 6.07) is 0. The molecule has 1 heterocycles. The molecule has 0 radical (unpaired) electrons. The van der Waals surface area contributed by atoms with E-state index in [4.69, 9.17) is 4.74 Å². The number of carbonyl (C=O) groups is 2. The molecule has 2 fully saturated rings. The van der Waals surface area contributed by atoms with E-state index in [1.54, 1.807) is 6.92 Å². The van der Waals surface area contributed by atoms with Crippen LogP contribution in [0.25, 0.3) is 0 Å². The second kappa shape index (κ2) is 4.36. The van der Waals surface area contributed by atoms with E-state index >= 15 is 0 Å². The predicted octanol–water partition coefficient (Wildman–Crippen LogP) is 3.11. The first kappa shape index (κ1) is 13.6. The maximum Gasteiger partial charge on any atom is 0.306 e. The van der Waals surface area contributed by atoms with E-state index in [9.17, 15) is 9.59 Å². The lowest BCUT2D eigenvalue weighted by Crippen LogP contribution is -2.54. The lowest BCUT2D eigenvalue weighted by molar-refractivity contribution is -0.172. The Morgan fingerprint density at radius 3 is 2.50 bits per heavy atom. The van der Waals surface area contributed by atoms with Gasteiger partial charge in [0.15, 0.2) is 0 Å². The van der Waals surface area contributed by atoms with Crippen molar-refractivity contribution in [3.63, 3.8) is 0 Å². The van der Waals surface area contributed by atoms with Crippen molar-refractivity contribution in [2.24, 2.45) is 17.3 Å². The molecule has 1 aliphatic carbocycles. The van der Waals surface area contributed by atoms with Gasteiger partial charge in [0.25, 0.3) is 0 Å². The van der Waals surface area contributed by atoms with Crippen LogP contribution in [-0.4, -0.2) is 17.4 Å². The minimum atomic E-state index is -0.284. The summed E-state index contributed by atoms with van der Waals surface area (Å²) in [6.07, 6.45) is 4.06. The van der Waals surface area contributed by atoms with Crippen molar-refractivity contribution < 1.29 is 14.3 Å². The molecule has 0 aromatic carbocycles. The molecule has 3 nitrogen and oxygen atoms in total. The van der Waals surface area contributed by atoms with Crippen molar-refractivity contribution in [2.45, 2.75) is 65.4 Å². The van der Waals surface area contributed by atoms with Crippen LogP contribution in [-0.2, 0) is 14.3 Å². The number of hydrogen-bond acceptors (Lipinski definition) is 3. The number of ketones is 1. The van der Waals surface area contributed by atoms with Crippen LogP contribution < -0.4 is 0 Å². The molecule has 3 unspecified atom stereocenters. The summed E-state index contributed by atoms with van der Waals surface area (Å²) >= 11 is 0. The van der Waals surface area contributed by atoms with E-state index in [-0.39, 0.29) is 22.8 Å². The highest BCUT2D eigenvalue weighted by Gasteiger charge is 2.57. The van der Waals surface area contributed by atoms with Crippen molar-refractivity contribution in [1.82, 2.24) is 0 Å². The van der Waals surface area contributed by atoms with Gasteiger partial charge in [-0.3, -0.25) is 4.79 Å². The fourth-order valence-electron chi connectivity index (χ4n) is 3.81. The molecular formula is C15H24O3. The van der Waals surface area contributed by atoms with Crippen LogP contribution in [0.5, 0.6) is 0 Å². The zero-order valence-electron chi connectivity index (χ0n) is 11.9. The lowest BCUT2D eigenvalue weighted by atomic mass is 9.50. The van der Waals surface area contributed by atoms with Crippen molar-refractivity contribution in [3.05, 3.63) is 0 Å². The van der Waals surface area contributed by atoms with Gasteiger partial charge in [0, 0.05) is 18.8 Å². The molecule has 18 heavy (non-hydrogen) atoms. The molecule has 0 N–H and O–H groups in total. The van der Waals surface area contributed by atoms with Crippen molar-refractivity contribution in [1.29, 1.82) is 0 Å². The van der Waals surface area contributed by atoms with Gasteiger partial charge in [-0.25, -0.2) is 0 Å². The third-order valence-corrected chi connectivity index (χ3v) is 5.00. The summed E-state index contributed by atoms with van der Waals surface area (Å²) in [4.78, 5) is 22.5. The minimum absolute atomic E-state index is 0.0625. The summed E-state index contributed by atoms with van der Waals surface area (Å²) in [6.45, 7) is 8.24. The summed E-state index contributed by atoms with van der Waals surface area (Å²) in [7, 11) is 0. The molecule has 0 amide bonds. The maximum atomic E-state index is 11.4. The average Bonchev–Trinajstić information content (AvgIpc) is 2.56. The molecule has 0 bridgehead atoms. The monoisotopic (exact) mass is 252 g/mol. The number of carbonyl (C=O) groups excluding carboxylic acids is 2. The van der Waals surface area contributed by atoms with Gasteiger partial charge in [-0.2, -0.15) is 0 Å². The topological polar surface area (TPSA) is 43.4 Å². The van der Waals surface area contributed by atoms with E-state index in [1.807, 2.05) is 0 Å². The number of Topliss-reactive ketones (excluding diaryl/α,β-unsaturated/α-hetero) is 1. The molecule has 1 saturated heterocycles. The minimum Gasteiger partial charge on any atom is -0.459 e. The third kappa shape index (κ3) is 2.32. The number of cyclic esters (lactones) is 1. The van der Waals surface area contributed by atoms with E-state index in [2.05, 4.69) is 20.8 Å². The van der Waals surface area contributed by atoms with Gasteiger partial charge in [-0.1, -0.05) is 13.8 Å². The van der Waals surface area contributed by atoms with E-state index in [0.29, 0.717) is 24.7 Å².